The van der Waals surface area contributed by atoms with Crippen LogP contribution in [-0.4, -0.2) is 57.8 Å². The fourth-order valence-electron chi connectivity index (χ4n) is 5.00. The standard InChI is InChI=1S/C23H30N2O3/c1-24-13-18-14-25(12-16-9-20(27-3)11-21(10-16)28-4)15-22(18)23(24)17-5-7-19(26-2)8-6-17/h5-11,18,22-23H,12-15H2,1-4H3/t18-,22+,23-/m0/s1. The lowest BCUT2D eigenvalue weighted by Crippen LogP contribution is -2.28. The minimum atomic E-state index is 0.473. The number of hydrogen-bond acceptors (Lipinski definition) is 5. The summed E-state index contributed by atoms with van der Waals surface area (Å²) in [7, 11) is 7.38. The predicted molar refractivity (Wildman–Crippen MR) is 110 cm³/mol. The number of nitrogens with zero attached hydrogens (tertiary/aromatic N) is 2. The summed E-state index contributed by atoms with van der Waals surface area (Å²) in [6, 6.07) is 15.2. The highest BCUT2D eigenvalue weighted by atomic mass is 16.5. The Hall–Kier alpha value is -2.24. The van der Waals surface area contributed by atoms with Gasteiger partial charge >= 0.3 is 0 Å². The third-order valence-corrected chi connectivity index (χ3v) is 6.24. The molecule has 3 atom stereocenters. The molecule has 5 nitrogen and oxygen atoms in total. The average molecular weight is 383 g/mol. The Labute approximate surface area is 167 Å². The van der Waals surface area contributed by atoms with Crippen molar-refractivity contribution < 1.29 is 14.2 Å². The molecule has 0 saturated carbocycles. The van der Waals surface area contributed by atoms with Gasteiger partial charge < -0.3 is 14.2 Å². The fraction of sp³-hybridized carbons (Fsp3) is 0.478. The van der Waals surface area contributed by atoms with E-state index >= 15 is 0 Å². The van der Waals surface area contributed by atoms with Crippen LogP contribution in [0.5, 0.6) is 17.2 Å². The van der Waals surface area contributed by atoms with Crippen molar-refractivity contribution in [1.82, 2.24) is 9.80 Å². The smallest absolute Gasteiger partial charge is 0.122 e. The zero-order valence-electron chi connectivity index (χ0n) is 17.2. The van der Waals surface area contributed by atoms with Gasteiger partial charge in [-0.05, 0) is 54.3 Å². The first-order valence-electron chi connectivity index (χ1n) is 9.89. The van der Waals surface area contributed by atoms with Gasteiger partial charge in [0, 0.05) is 38.3 Å². The lowest BCUT2D eigenvalue weighted by Gasteiger charge is -2.27. The van der Waals surface area contributed by atoms with Crippen molar-refractivity contribution in [3.05, 3.63) is 53.6 Å². The summed E-state index contributed by atoms with van der Waals surface area (Å²) in [5, 5.41) is 0. The molecule has 28 heavy (non-hydrogen) atoms. The Balaban J connectivity index is 1.48. The van der Waals surface area contributed by atoms with Crippen LogP contribution in [0.15, 0.2) is 42.5 Å². The molecule has 0 unspecified atom stereocenters. The van der Waals surface area contributed by atoms with Crippen LogP contribution in [-0.2, 0) is 6.54 Å². The quantitative estimate of drug-likeness (QED) is 0.765. The molecule has 2 aliphatic heterocycles. The second-order valence-corrected chi connectivity index (χ2v) is 8.00. The van der Waals surface area contributed by atoms with E-state index in [2.05, 4.69) is 53.2 Å². The molecule has 0 aliphatic carbocycles. The van der Waals surface area contributed by atoms with Crippen LogP contribution in [0.4, 0.5) is 0 Å². The number of methoxy groups -OCH3 is 3. The summed E-state index contributed by atoms with van der Waals surface area (Å²) in [6.07, 6.45) is 0. The van der Waals surface area contributed by atoms with Gasteiger partial charge in [0.2, 0.25) is 0 Å². The first kappa shape index (κ1) is 19.1. The Morgan fingerprint density at radius 3 is 2.07 bits per heavy atom. The molecular weight excluding hydrogens is 352 g/mol. The molecule has 0 amide bonds. The maximum absolute atomic E-state index is 5.43. The van der Waals surface area contributed by atoms with E-state index in [1.165, 1.54) is 11.1 Å². The molecule has 0 N–H and O–H groups in total. The third kappa shape index (κ3) is 3.69. The highest BCUT2D eigenvalue weighted by Gasteiger charge is 2.45. The molecule has 2 heterocycles. The normalized spacial score (nSPS) is 24.9. The molecule has 2 saturated heterocycles. The van der Waals surface area contributed by atoms with Crippen molar-refractivity contribution in [2.45, 2.75) is 12.6 Å². The zero-order chi connectivity index (χ0) is 19.7. The van der Waals surface area contributed by atoms with E-state index in [4.69, 9.17) is 14.2 Å². The van der Waals surface area contributed by atoms with Gasteiger partial charge in [0.05, 0.1) is 21.3 Å². The summed E-state index contributed by atoms with van der Waals surface area (Å²) in [4.78, 5) is 5.09. The number of benzene rings is 2. The molecule has 2 fully saturated rings. The van der Waals surface area contributed by atoms with Crippen LogP contribution in [0, 0.1) is 11.8 Å². The van der Waals surface area contributed by atoms with Gasteiger partial charge in [-0.3, -0.25) is 9.80 Å². The molecule has 2 aliphatic rings. The summed E-state index contributed by atoms with van der Waals surface area (Å²) < 4.78 is 16.2. The van der Waals surface area contributed by atoms with E-state index in [9.17, 15) is 0 Å². The molecule has 150 valence electrons. The van der Waals surface area contributed by atoms with E-state index in [1.807, 2.05) is 6.07 Å². The SMILES string of the molecule is COc1ccc([C@H]2[C@@H]3CN(Cc4cc(OC)cc(OC)c4)C[C@@H]3CN2C)cc1. The summed E-state index contributed by atoms with van der Waals surface area (Å²) >= 11 is 0. The fourth-order valence-corrected chi connectivity index (χ4v) is 5.00. The molecular formula is C23H30N2O3. The molecule has 0 radical (unpaired) electrons. The molecule has 4 rings (SSSR count). The minimum Gasteiger partial charge on any atom is -0.497 e. The number of likely N-dealkylation sites (tertiary alicyclic amines) is 2. The van der Waals surface area contributed by atoms with Crippen molar-refractivity contribution in [2.24, 2.45) is 11.8 Å². The van der Waals surface area contributed by atoms with Crippen molar-refractivity contribution in [3.8, 4) is 17.2 Å². The Bertz CT molecular complexity index is 786. The highest BCUT2D eigenvalue weighted by Crippen LogP contribution is 2.44. The Morgan fingerprint density at radius 2 is 1.46 bits per heavy atom. The van der Waals surface area contributed by atoms with Crippen LogP contribution >= 0.6 is 0 Å². The lowest BCUT2D eigenvalue weighted by atomic mass is 9.89. The van der Waals surface area contributed by atoms with Crippen LogP contribution in [0.3, 0.4) is 0 Å². The monoisotopic (exact) mass is 382 g/mol. The first-order valence-corrected chi connectivity index (χ1v) is 9.89. The second-order valence-electron chi connectivity index (χ2n) is 8.00. The van der Waals surface area contributed by atoms with E-state index in [-0.39, 0.29) is 0 Å². The second kappa shape index (κ2) is 8.02. The van der Waals surface area contributed by atoms with Gasteiger partial charge in [-0.15, -0.1) is 0 Å². The largest absolute Gasteiger partial charge is 0.497 e. The lowest BCUT2D eigenvalue weighted by molar-refractivity contribution is 0.224. The summed E-state index contributed by atoms with van der Waals surface area (Å²) in [5.74, 6) is 3.99. The van der Waals surface area contributed by atoms with Crippen molar-refractivity contribution in [1.29, 1.82) is 0 Å². The van der Waals surface area contributed by atoms with Gasteiger partial charge in [-0.25, -0.2) is 0 Å². The first-order chi connectivity index (χ1) is 13.6. The molecule has 0 aromatic heterocycles. The Kier molecular flexibility index (Phi) is 5.47. The van der Waals surface area contributed by atoms with Crippen molar-refractivity contribution in [3.63, 3.8) is 0 Å². The third-order valence-electron chi connectivity index (χ3n) is 6.24. The maximum atomic E-state index is 5.43. The van der Waals surface area contributed by atoms with Crippen molar-refractivity contribution in [2.75, 3.05) is 48.0 Å². The number of fused-ring (bicyclic) bond motifs is 1. The van der Waals surface area contributed by atoms with Crippen LogP contribution < -0.4 is 14.2 Å². The van der Waals surface area contributed by atoms with Crippen LogP contribution in [0.1, 0.15) is 17.2 Å². The molecule has 0 spiro atoms. The van der Waals surface area contributed by atoms with Gasteiger partial charge in [0.15, 0.2) is 0 Å². The van der Waals surface area contributed by atoms with Crippen LogP contribution in [0.2, 0.25) is 0 Å². The molecule has 2 aromatic rings. The molecule has 2 aromatic carbocycles. The summed E-state index contributed by atoms with van der Waals surface area (Å²) in [6.45, 7) is 4.34. The van der Waals surface area contributed by atoms with Gasteiger partial charge in [0.25, 0.3) is 0 Å². The molecule has 0 bridgehead atoms. The highest BCUT2D eigenvalue weighted by molar-refractivity contribution is 5.38. The average Bonchev–Trinajstić information content (AvgIpc) is 3.23. The zero-order valence-corrected chi connectivity index (χ0v) is 17.2. The Morgan fingerprint density at radius 1 is 0.821 bits per heavy atom. The van der Waals surface area contributed by atoms with Crippen LogP contribution in [0.25, 0.3) is 0 Å². The number of hydrogen-bond donors (Lipinski definition) is 0. The number of rotatable bonds is 6. The molecule has 5 heteroatoms. The van der Waals surface area contributed by atoms with E-state index in [0.29, 0.717) is 17.9 Å². The van der Waals surface area contributed by atoms with Gasteiger partial charge in [0.1, 0.15) is 17.2 Å². The van der Waals surface area contributed by atoms with Crippen molar-refractivity contribution >= 4 is 0 Å². The van der Waals surface area contributed by atoms with Gasteiger partial charge in [-0.1, -0.05) is 12.1 Å². The van der Waals surface area contributed by atoms with Gasteiger partial charge in [-0.2, -0.15) is 0 Å². The maximum Gasteiger partial charge on any atom is 0.122 e. The summed E-state index contributed by atoms with van der Waals surface area (Å²) in [5.41, 5.74) is 2.63. The minimum absolute atomic E-state index is 0.473. The van der Waals surface area contributed by atoms with E-state index in [0.717, 1.165) is 43.4 Å². The number of ether oxygens (including phenoxy) is 3. The van der Waals surface area contributed by atoms with E-state index < -0.39 is 0 Å². The van der Waals surface area contributed by atoms with E-state index in [1.54, 1.807) is 21.3 Å². The predicted octanol–water partition coefficient (Wildman–Crippen LogP) is 3.45. The topological polar surface area (TPSA) is 34.2 Å².